The first kappa shape index (κ1) is 15.7. The summed E-state index contributed by atoms with van der Waals surface area (Å²) in [6.45, 7) is 4.69. The predicted octanol–water partition coefficient (Wildman–Crippen LogP) is 1.33. The van der Waals surface area contributed by atoms with E-state index >= 15 is 0 Å². The highest BCUT2D eigenvalue weighted by molar-refractivity contribution is 5.94. The minimum absolute atomic E-state index is 0. The average Bonchev–Trinajstić information content (AvgIpc) is 2.38. The average molecular weight is 286 g/mol. The zero-order valence-corrected chi connectivity index (χ0v) is 11.8. The van der Waals surface area contributed by atoms with E-state index in [1.54, 1.807) is 6.07 Å². The van der Waals surface area contributed by atoms with Crippen LogP contribution in [0.4, 0.5) is 0 Å². The number of piperidine rings is 1. The first-order chi connectivity index (χ1) is 8.61. The molecule has 106 valence electrons. The molecular formula is C13H20ClN3O2. The lowest BCUT2D eigenvalue weighted by Crippen LogP contribution is -2.45. The number of aromatic nitrogens is 1. The number of carbonyl (C=O) groups excluding carboxylic acids is 1. The molecule has 1 aromatic heterocycles. The Bertz CT molecular complexity index is 434. The van der Waals surface area contributed by atoms with Crippen LogP contribution >= 0.6 is 12.4 Å². The van der Waals surface area contributed by atoms with E-state index in [1.807, 2.05) is 0 Å². The van der Waals surface area contributed by atoms with Crippen LogP contribution in [0.3, 0.4) is 0 Å². The van der Waals surface area contributed by atoms with E-state index in [2.05, 4.69) is 22.5 Å². The van der Waals surface area contributed by atoms with Gasteiger partial charge in [-0.1, -0.05) is 6.92 Å². The molecule has 2 rings (SSSR count). The SMILES string of the molecule is CC1(CNC(=O)c2ncccc2O)CCCNC1.Cl. The van der Waals surface area contributed by atoms with E-state index in [0.717, 1.165) is 25.9 Å². The fourth-order valence-corrected chi connectivity index (χ4v) is 2.22. The third-order valence-corrected chi connectivity index (χ3v) is 3.36. The van der Waals surface area contributed by atoms with Crippen molar-refractivity contribution in [2.75, 3.05) is 19.6 Å². The normalized spacial score (nSPS) is 22.4. The van der Waals surface area contributed by atoms with Crippen molar-refractivity contribution in [3.8, 4) is 5.75 Å². The number of hydrogen-bond donors (Lipinski definition) is 3. The molecule has 0 radical (unpaired) electrons. The van der Waals surface area contributed by atoms with Gasteiger partial charge in [0.05, 0.1) is 0 Å². The first-order valence-corrected chi connectivity index (χ1v) is 6.24. The van der Waals surface area contributed by atoms with Gasteiger partial charge in [-0.05, 0) is 36.9 Å². The molecule has 0 spiro atoms. The number of nitrogens with one attached hydrogen (secondary N) is 2. The number of halogens is 1. The standard InChI is InChI=1S/C13H19N3O2.ClH/c1-13(5-3-6-14-8-13)9-16-12(18)11-10(17)4-2-7-15-11;/h2,4,7,14,17H,3,5-6,8-9H2,1H3,(H,16,18);1H. The lowest BCUT2D eigenvalue weighted by atomic mass is 9.83. The van der Waals surface area contributed by atoms with Crippen molar-refractivity contribution in [1.29, 1.82) is 0 Å². The fourth-order valence-electron chi connectivity index (χ4n) is 2.22. The minimum Gasteiger partial charge on any atom is -0.505 e. The molecule has 1 saturated heterocycles. The molecule has 0 saturated carbocycles. The maximum absolute atomic E-state index is 11.9. The van der Waals surface area contributed by atoms with Crippen molar-refractivity contribution in [3.63, 3.8) is 0 Å². The second-order valence-corrected chi connectivity index (χ2v) is 5.14. The van der Waals surface area contributed by atoms with Crippen LogP contribution in [0.2, 0.25) is 0 Å². The Labute approximate surface area is 119 Å². The van der Waals surface area contributed by atoms with E-state index < -0.39 is 0 Å². The van der Waals surface area contributed by atoms with Gasteiger partial charge in [0, 0.05) is 19.3 Å². The van der Waals surface area contributed by atoms with Crippen LogP contribution < -0.4 is 10.6 Å². The Kier molecular flexibility index (Phi) is 5.57. The van der Waals surface area contributed by atoms with Gasteiger partial charge >= 0.3 is 0 Å². The number of hydrogen-bond acceptors (Lipinski definition) is 4. The molecule has 3 N–H and O–H groups in total. The maximum Gasteiger partial charge on any atom is 0.273 e. The Balaban J connectivity index is 0.00000180. The maximum atomic E-state index is 11.9. The summed E-state index contributed by atoms with van der Waals surface area (Å²) < 4.78 is 0. The van der Waals surface area contributed by atoms with E-state index in [0.29, 0.717) is 6.54 Å². The van der Waals surface area contributed by atoms with Gasteiger partial charge in [-0.2, -0.15) is 0 Å². The molecule has 19 heavy (non-hydrogen) atoms. The van der Waals surface area contributed by atoms with Gasteiger partial charge in [0.15, 0.2) is 5.69 Å². The monoisotopic (exact) mass is 285 g/mol. The van der Waals surface area contributed by atoms with Crippen LogP contribution in [0.15, 0.2) is 18.3 Å². The summed E-state index contributed by atoms with van der Waals surface area (Å²) in [6.07, 6.45) is 3.72. The molecular weight excluding hydrogens is 266 g/mol. The molecule has 2 heterocycles. The fraction of sp³-hybridized carbons (Fsp3) is 0.538. The van der Waals surface area contributed by atoms with Crippen molar-refractivity contribution in [1.82, 2.24) is 15.6 Å². The van der Waals surface area contributed by atoms with Gasteiger partial charge < -0.3 is 15.7 Å². The van der Waals surface area contributed by atoms with Gasteiger partial charge in [0.1, 0.15) is 5.75 Å². The van der Waals surface area contributed by atoms with Crippen molar-refractivity contribution in [3.05, 3.63) is 24.0 Å². The Morgan fingerprint density at radius 1 is 1.63 bits per heavy atom. The lowest BCUT2D eigenvalue weighted by Gasteiger charge is -2.34. The highest BCUT2D eigenvalue weighted by atomic mass is 35.5. The summed E-state index contributed by atoms with van der Waals surface area (Å²) in [7, 11) is 0. The largest absolute Gasteiger partial charge is 0.505 e. The molecule has 0 bridgehead atoms. The van der Waals surface area contributed by atoms with Crippen LogP contribution in [-0.4, -0.2) is 35.6 Å². The number of aromatic hydroxyl groups is 1. The van der Waals surface area contributed by atoms with Gasteiger partial charge in [0.25, 0.3) is 5.91 Å². The second-order valence-electron chi connectivity index (χ2n) is 5.14. The van der Waals surface area contributed by atoms with Crippen molar-refractivity contribution in [2.45, 2.75) is 19.8 Å². The van der Waals surface area contributed by atoms with Crippen LogP contribution in [0, 0.1) is 5.41 Å². The van der Waals surface area contributed by atoms with E-state index in [4.69, 9.17) is 0 Å². The Morgan fingerprint density at radius 2 is 2.42 bits per heavy atom. The Hall–Kier alpha value is -1.33. The number of nitrogens with zero attached hydrogens (tertiary/aromatic N) is 1. The third kappa shape index (κ3) is 4.08. The number of pyridine rings is 1. The van der Waals surface area contributed by atoms with Gasteiger partial charge in [-0.25, -0.2) is 4.98 Å². The lowest BCUT2D eigenvalue weighted by molar-refractivity contribution is 0.0916. The van der Waals surface area contributed by atoms with Gasteiger partial charge in [-0.3, -0.25) is 4.79 Å². The molecule has 1 aliphatic rings. The molecule has 1 amide bonds. The van der Waals surface area contributed by atoms with Crippen LogP contribution in [-0.2, 0) is 0 Å². The summed E-state index contributed by atoms with van der Waals surface area (Å²) in [6, 6.07) is 3.06. The van der Waals surface area contributed by atoms with E-state index in [9.17, 15) is 9.90 Å². The van der Waals surface area contributed by atoms with Crippen LogP contribution in [0.5, 0.6) is 5.75 Å². The predicted molar refractivity (Wildman–Crippen MR) is 75.7 cm³/mol. The van der Waals surface area contributed by atoms with Crippen LogP contribution in [0.1, 0.15) is 30.3 Å². The van der Waals surface area contributed by atoms with Gasteiger partial charge in [0.2, 0.25) is 0 Å². The molecule has 0 aliphatic carbocycles. The molecule has 1 atom stereocenters. The van der Waals surface area contributed by atoms with E-state index in [1.165, 1.54) is 12.3 Å². The molecule has 0 aromatic carbocycles. The van der Waals surface area contributed by atoms with Crippen molar-refractivity contribution < 1.29 is 9.90 Å². The highest BCUT2D eigenvalue weighted by Gasteiger charge is 2.27. The van der Waals surface area contributed by atoms with Crippen molar-refractivity contribution >= 4 is 18.3 Å². The topological polar surface area (TPSA) is 74.2 Å². The highest BCUT2D eigenvalue weighted by Crippen LogP contribution is 2.24. The summed E-state index contributed by atoms with van der Waals surface area (Å²) in [5, 5.41) is 15.7. The number of amides is 1. The second kappa shape index (κ2) is 6.73. The number of rotatable bonds is 3. The molecule has 1 fully saturated rings. The quantitative estimate of drug-likeness (QED) is 0.783. The smallest absolute Gasteiger partial charge is 0.273 e. The van der Waals surface area contributed by atoms with Gasteiger partial charge in [-0.15, -0.1) is 12.4 Å². The molecule has 1 aromatic rings. The zero-order valence-electron chi connectivity index (χ0n) is 11.0. The summed E-state index contributed by atoms with van der Waals surface area (Å²) >= 11 is 0. The zero-order chi connectivity index (χ0) is 13.0. The van der Waals surface area contributed by atoms with Crippen molar-refractivity contribution in [2.24, 2.45) is 5.41 Å². The molecule has 6 heteroatoms. The third-order valence-electron chi connectivity index (χ3n) is 3.36. The summed E-state index contributed by atoms with van der Waals surface area (Å²) in [5.74, 6) is -0.401. The number of carbonyl (C=O) groups is 1. The Morgan fingerprint density at radius 3 is 3.05 bits per heavy atom. The molecule has 1 aliphatic heterocycles. The summed E-state index contributed by atoms with van der Waals surface area (Å²) in [5.41, 5.74) is 0.169. The minimum atomic E-state index is -0.320. The summed E-state index contributed by atoms with van der Waals surface area (Å²) in [4.78, 5) is 15.8. The van der Waals surface area contributed by atoms with E-state index in [-0.39, 0.29) is 35.2 Å². The molecule has 1 unspecified atom stereocenters. The molecule has 5 nitrogen and oxygen atoms in total. The first-order valence-electron chi connectivity index (χ1n) is 6.24. The van der Waals surface area contributed by atoms with Crippen LogP contribution in [0.25, 0.3) is 0 Å².